The highest BCUT2D eigenvalue weighted by molar-refractivity contribution is 5.49. The minimum absolute atomic E-state index is 0.603. The Morgan fingerprint density at radius 3 is 2.85 bits per heavy atom. The highest BCUT2D eigenvalue weighted by Crippen LogP contribution is 2.31. The van der Waals surface area contributed by atoms with Crippen molar-refractivity contribution in [3.05, 3.63) is 36.2 Å². The van der Waals surface area contributed by atoms with Crippen LogP contribution in [0.25, 0.3) is 5.69 Å². The SMILES string of the molecule is c1cc2c(cc1-n1ccc(CNC3CC3)n1)OCCO2. The van der Waals surface area contributed by atoms with Crippen molar-refractivity contribution < 1.29 is 9.47 Å². The van der Waals surface area contributed by atoms with Gasteiger partial charge in [0, 0.05) is 24.8 Å². The quantitative estimate of drug-likeness (QED) is 0.922. The van der Waals surface area contributed by atoms with E-state index in [1.54, 1.807) is 0 Å². The van der Waals surface area contributed by atoms with Gasteiger partial charge in [0.25, 0.3) is 0 Å². The first-order chi connectivity index (χ1) is 9.88. The molecule has 0 amide bonds. The van der Waals surface area contributed by atoms with Crippen molar-refractivity contribution in [2.75, 3.05) is 13.2 Å². The molecule has 1 aromatic carbocycles. The standard InChI is InChI=1S/C15H17N3O2/c1-2-11(1)16-10-12-5-6-18(17-12)13-3-4-14-15(9-13)20-8-7-19-14/h3-6,9,11,16H,1-2,7-8,10H2. The molecule has 0 atom stereocenters. The molecule has 4 rings (SSSR count). The van der Waals surface area contributed by atoms with E-state index < -0.39 is 0 Å². The van der Waals surface area contributed by atoms with Gasteiger partial charge in [-0.2, -0.15) is 5.10 Å². The van der Waals surface area contributed by atoms with Crippen LogP contribution in [0, 0.1) is 0 Å². The van der Waals surface area contributed by atoms with Gasteiger partial charge in [0.15, 0.2) is 11.5 Å². The number of nitrogens with one attached hydrogen (secondary N) is 1. The van der Waals surface area contributed by atoms with E-state index in [0.29, 0.717) is 19.3 Å². The fourth-order valence-corrected chi connectivity index (χ4v) is 2.31. The summed E-state index contributed by atoms with van der Waals surface area (Å²) in [4.78, 5) is 0. The molecule has 20 heavy (non-hydrogen) atoms. The fraction of sp³-hybridized carbons (Fsp3) is 0.400. The van der Waals surface area contributed by atoms with Gasteiger partial charge in [-0.25, -0.2) is 4.68 Å². The van der Waals surface area contributed by atoms with Gasteiger partial charge in [0.2, 0.25) is 0 Å². The van der Waals surface area contributed by atoms with Crippen LogP contribution in [0.5, 0.6) is 11.5 Å². The van der Waals surface area contributed by atoms with Gasteiger partial charge in [-0.1, -0.05) is 0 Å². The molecule has 1 fully saturated rings. The fourth-order valence-electron chi connectivity index (χ4n) is 2.31. The summed E-state index contributed by atoms with van der Waals surface area (Å²) in [7, 11) is 0. The van der Waals surface area contributed by atoms with Crippen LogP contribution in [0.4, 0.5) is 0 Å². The molecule has 5 heteroatoms. The molecule has 1 aromatic heterocycles. The lowest BCUT2D eigenvalue weighted by Crippen LogP contribution is -2.16. The summed E-state index contributed by atoms with van der Waals surface area (Å²) in [6.45, 7) is 2.05. The third kappa shape index (κ3) is 2.36. The minimum Gasteiger partial charge on any atom is -0.486 e. The molecule has 0 radical (unpaired) electrons. The summed E-state index contributed by atoms with van der Waals surface area (Å²) in [6.07, 6.45) is 4.57. The van der Waals surface area contributed by atoms with E-state index in [1.807, 2.05) is 35.1 Å². The van der Waals surface area contributed by atoms with Gasteiger partial charge in [0.1, 0.15) is 13.2 Å². The average Bonchev–Trinajstić information content (AvgIpc) is 3.21. The van der Waals surface area contributed by atoms with Crippen LogP contribution < -0.4 is 14.8 Å². The van der Waals surface area contributed by atoms with Crippen LogP contribution in [0.2, 0.25) is 0 Å². The molecule has 1 aliphatic heterocycles. The summed E-state index contributed by atoms with van der Waals surface area (Å²) in [5, 5.41) is 8.05. The zero-order chi connectivity index (χ0) is 13.4. The Morgan fingerprint density at radius 2 is 2.00 bits per heavy atom. The zero-order valence-electron chi connectivity index (χ0n) is 11.2. The predicted molar refractivity (Wildman–Crippen MR) is 74.4 cm³/mol. The van der Waals surface area contributed by atoms with Crippen LogP contribution in [-0.4, -0.2) is 29.0 Å². The molecule has 2 heterocycles. The van der Waals surface area contributed by atoms with Gasteiger partial charge in [-0.15, -0.1) is 0 Å². The van der Waals surface area contributed by atoms with Crippen molar-refractivity contribution in [3.63, 3.8) is 0 Å². The molecule has 0 bridgehead atoms. The summed E-state index contributed by atoms with van der Waals surface area (Å²) < 4.78 is 13.0. The Hall–Kier alpha value is -2.01. The lowest BCUT2D eigenvalue weighted by molar-refractivity contribution is 0.171. The van der Waals surface area contributed by atoms with Crippen molar-refractivity contribution >= 4 is 0 Å². The Morgan fingerprint density at radius 1 is 1.15 bits per heavy atom. The molecule has 0 unspecified atom stereocenters. The van der Waals surface area contributed by atoms with E-state index in [9.17, 15) is 0 Å². The molecule has 104 valence electrons. The zero-order valence-corrected chi connectivity index (χ0v) is 11.2. The van der Waals surface area contributed by atoms with Gasteiger partial charge < -0.3 is 14.8 Å². The maximum atomic E-state index is 5.60. The molecule has 2 aromatic rings. The highest BCUT2D eigenvalue weighted by Gasteiger charge is 2.20. The smallest absolute Gasteiger partial charge is 0.163 e. The van der Waals surface area contributed by atoms with Crippen LogP contribution in [0.15, 0.2) is 30.5 Å². The third-order valence-electron chi connectivity index (χ3n) is 3.58. The molecule has 5 nitrogen and oxygen atoms in total. The first kappa shape index (κ1) is 11.8. The number of aromatic nitrogens is 2. The summed E-state index contributed by atoms with van der Waals surface area (Å²) in [6, 6.07) is 8.66. The molecular formula is C15H17N3O2. The summed E-state index contributed by atoms with van der Waals surface area (Å²) >= 11 is 0. The maximum absolute atomic E-state index is 5.60. The minimum atomic E-state index is 0.603. The summed E-state index contributed by atoms with van der Waals surface area (Å²) in [5.41, 5.74) is 2.05. The van der Waals surface area contributed by atoms with Crippen LogP contribution in [-0.2, 0) is 6.54 Å². The Balaban J connectivity index is 1.53. The van der Waals surface area contributed by atoms with Crippen LogP contribution in [0.3, 0.4) is 0 Å². The molecule has 1 aliphatic carbocycles. The van der Waals surface area contributed by atoms with Crippen molar-refractivity contribution in [2.45, 2.75) is 25.4 Å². The van der Waals surface area contributed by atoms with Gasteiger partial charge in [0.05, 0.1) is 11.4 Å². The maximum Gasteiger partial charge on any atom is 0.163 e. The highest BCUT2D eigenvalue weighted by atomic mass is 16.6. The Labute approximate surface area is 117 Å². The molecular weight excluding hydrogens is 254 g/mol. The van der Waals surface area contributed by atoms with Gasteiger partial charge >= 0.3 is 0 Å². The van der Waals surface area contributed by atoms with E-state index in [4.69, 9.17) is 9.47 Å². The number of hydrogen-bond donors (Lipinski definition) is 1. The molecule has 1 N–H and O–H groups in total. The van der Waals surface area contributed by atoms with Gasteiger partial charge in [-0.05, 0) is 31.0 Å². The average molecular weight is 271 g/mol. The van der Waals surface area contributed by atoms with E-state index in [2.05, 4.69) is 10.4 Å². The monoisotopic (exact) mass is 271 g/mol. The number of ether oxygens (including phenoxy) is 2. The first-order valence-electron chi connectivity index (χ1n) is 7.06. The lowest BCUT2D eigenvalue weighted by Gasteiger charge is -2.18. The second kappa shape index (κ2) is 4.83. The third-order valence-corrected chi connectivity index (χ3v) is 3.58. The van der Waals surface area contributed by atoms with Crippen LogP contribution >= 0.6 is 0 Å². The molecule has 2 aliphatic rings. The number of hydrogen-bond acceptors (Lipinski definition) is 4. The number of benzene rings is 1. The van der Waals surface area contributed by atoms with Gasteiger partial charge in [-0.3, -0.25) is 0 Å². The lowest BCUT2D eigenvalue weighted by atomic mass is 10.2. The van der Waals surface area contributed by atoms with E-state index in [1.165, 1.54) is 12.8 Å². The summed E-state index contributed by atoms with van der Waals surface area (Å²) in [5.74, 6) is 1.60. The topological polar surface area (TPSA) is 48.3 Å². The second-order valence-corrected chi connectivity index (χ2v) is 5.23. The first-order valence-corrected chi connectivity index (χ1v) is 7.06. The number of rotatable bonds is 4. The predicted octanol–water partition coefficient (Wildman–Crippen LogP) is 1.90. The van der Waals surface area contributed by atoms with Crippen molar-refractivity contribution in [2.24, 2.45) is 0 Å². The normalized spacial score (nSPS) is 17.2. The largest absolute Gasteiger partial charge is 0.486 e. The van der Waals surface area contributed by atoms with E-state index >= 15 is 0 Å². The number of fused-ring (bicyclic) bond motifs is 1. The second-order valence-electron chi connectivity index (χ2n) is 5.23. The molecule has 0 saturated heterocycles. The molecule has 0 spiro atoms. The Kier molecular flexibility index (Phi) is 2.85. The van der Waals surface area contributed by atoms with Crippen molar-refractivity contribution in [1.29, 1.82) is 0 Å². The van der Waals surface area contributed by atoms with E-state index in [-0.39, 0.29) is 0 Å². The molecule has 1 saturated carbocycles. The van der Waals surface area contributed by atoms with Crippen molar-refractivity contribution in [3.8, 4) is 17.2 Å². The Bertz CT molecular complexity index is 619. The van der Waals surface area contributed by atoms with E-state index in [0.717, 1.165) is 29.4 Å². The van der Waals surface area contributed by atoms with Crippen LogP contribution in [0.1, 0.15) is 18.5 Å². The number of nitrogens with zero attached hydrogens (tertiary/aromatic N) is 2. The van der Waals surface area contributed by atoms with Crippen molar-refractivity contribution in [1.82, 2.24) is 15.1 Å².